The third-order valence-corrected chi connectivity index (χ3v) is 5.62. The minimum absolute atomic E-state index is 0.113. The molecule has 0 aliphatic carbocycles. The molecule has 0 saturated heterocycles. The predicted molar refractivity (Wildman–Crippen MR) is 139 cm³/mol. The highest BCUT2D eigenvalue weighted by Crippen LogP contribution is 2.30. The van der Waals surface area contributed by atoms with Crippen molar-refractivity contribution in [2.24, 2.45) is 0 Å². The number of carbonyl (C=O) groups is 2. The van der Waals surface area contributed by atoms with E-state index in [1.165, 1.54) is 0 Å². The summed E-state index contributed by atoms with van der Waals surface area (Å²) in [6, 6.07) is 21.7. The molecule has 0 aromatic heterocycles. The molecule has 0 fully saturated rings. The fraction of sp³-hybridized carbons (Fsp3) is 0.286. The van der Waals surface area contributed by atoms with Gasteiger partial charge >= 0.3 is 11.9 Å². The van der Waals surface area contributed by atoms with E-state index in [-0.39, 0.29) is 13.2 Å². The average Bonchev–Trinajstić information content (AvgIpc) is 2.82. The van der Waals surface area contributed by atoms with E-state index in [2.05, 4.69) is 5.32 Å². The van der Waals surface area contributed by atoms with E-state index in [1.54, 1.807) is 32.9 Å². The van der Waals surface area contributed by atoms with Crippen molar-refractivity contribution in [3.8, 4) is 11.1 Å². The second-order valence-corrected chi connectivity index (χ2v) is 9.98. The molecule has 0 bridgehead atoms. The maximum absolute atomic E-state index is 12.9. The standard InChI is InChI=1S/C28H29Cl2NO4/c1-28(2,3)35-26(32)17-31-25(27(33)34-18-20-7-5-4-6-8-20)15-19-9-11-21(12-10-19)23-16-22(29)13-14-24(23)30/h4-14,16,25,31H,15,17-18H2,1-3H3/t25-/m0/s1. The van der Waals surface area contributed by atoms with Crippen molar-refractivity contribution < 1.29 is 19.1 Å². The number of ether oxygens (including phenoxy) is 2. The molecule has 1 N–H and O–H groups in total. The first kappa shape index (κ1) is 26.7. The molecule has 0 unspecified atom stereocenters. The Morgan fingerprint density at radius 3 is 2.26 bits per heavy atom. The molecule has 1 atom stereocenters. The molecule has 0 spiro atoms. The summed E-state index contributed by atoms with van der Waals surface area (Å²) in [5.74, 6) is -0.885. The van der Waals surface area contributed by atoms with Crippen LogP contribution in [0.15, 0.2) is 72.8 Å². The van der Waals surface area contributed by atoms with Crippen LogP contribution in [0.25, 0.3) is 11.1 Å². The fourth-order valence-electron chi connectivity index (χ4n) is 3.43. The number of halogens is 2. The summed E-state index contributed by atoms with van der Waals surface area (Å²) < 4.78 is 10.9. The first-order valence-corrected chi connectivity index (χ1v) is 12.1. The summed E-state index contributed by atoms with van der Waals surface area (Å²) in [6.45, 7) is 5.42. The van der Waals surface area contributed by atoms with Gasteiger partial charge in [-0.1, -0.05) is 77.8 Å². The third kappa shape index (κ3) is 8.70. The van der Waals surface area contributed by atoms with Gasteiger partial charge in [0.15, 0.2) is 0 Å². The summed E-state index contributed by atoms with van der Waals surface area (Å²) >= 11 is 12.4. The molecule has 0 radical (unpaired) electrons. The average molecular weight is 514 g/mol. The molecule has 0 aliphatic heterocycles. The van der Waals surface area contributed by atoms with Gasteiger partial charge < -0.3 is 9.47 Å². The van der Waals surface area contributed by atoms with Crippen LogP contribution in [0, 0.1) is 0 Å². The van der Waals surface area contributed by atoms with E-state index < -0.39 is 23.6 Å². The molecule has 3 aromatic rings. The zero-order chi connectivity index (χ0) is 25.4. The summed E-state index contributed by atoms with van der Waals surface area (Å²) in [5, 5.41) is 4.20. The van der Waals surface area contributed by atoms with Crippen LogP contribution in [0.4, 0.5) is 0 Å². The van der Waals surface area contributed by atoms with Gasteiger partial charge in [0, 0.05) is 15.6 Å². The molecular weight excluding hydrogens is 485 g/mol. The van der Waals surface area contributed by atoms with Gasteiger partial charge in [-0.15, -0.1) is 0 Å². The lowest BCUT2D eigenvalue weighted by Gasteiger charge is -2.22. The lowest BCUT2D eigenvalue weighted by atomic mass is 10.0. The molecular formula is C28H29Cl2NO4. The van der Waals surface area contributed by atoms with Gasteiger partial charge in [0.2, 0.25) is 0 Å². The first-order valence-electron chi connectivity index (χ1n) is 11.3. The maximum Gasteiger partial charge on any atom is 0.323 e. The Kier molecular flexibility index (Phi) is 9.33. The Labute approximate surface area is 216 Å². The number of rotatable bonds is 9. The number of nitrogens with one attached hydrogen (secondary N) is 1. The largest absolute Gasteiger partial charge is 0.460 e. The molecule has 3 aromatic carbocycles. The highest BCUT2D eigenvalue weighted by Gasteiger charge is 2.23. The minimum Gasteiger partial charge on any atom is -0.460 e. The first-order chi connectivity index (χ1) is 16.6. The van der Waals surface area contributed by atoms with Gasteiger partial charge in [0.05, 0.1) is 6.54 Å². The topological polar surface area (TPSA) is 64.6 Å². The van der Waals surface area contributed by atoms with E-state index in [9.17, 15) is 9.59 Å². The van der Waals surface area contributed by atoms with Crippen LogP contribution < -0.4 is 5.32 Å². The van der Waals surface area contributed by atoms with E-state index in [4.69, 9.17) is 32.7 Å². The Balaban J connectivity index is 1.71. The Morgan fingerprint density at radius 1 is 0.914 bits per heavy atom. The highest BCUT2D eigenvalue weighted by molar-refractivity contribution is 6.35. The monoisotopic (exact) mass is 513 g/mol. The quantitative estimate of drug-likeness (QED) is 0.342. The third-order valence-electron chi connectivity index (χ3n) is 5.05. The lowest BCUT2D eigenvalue weighted by molar-refractivity contribution is -0.154. The van der Waals surface area contributed by atoms with E-state index >= 15 is 0 Å². The normalized spacial score (nSPS) is 12.1. The van der Waals surface area contributed by atoms with Crippen LogP contribution in [-0.2, 0) is 32.1 Å². The van der Waals surface area contributed by atoms with Crippen LogP contribution in [0.5, 0.6) is 0 Å². The zero-order valence-electron chi connectivity index (χ0n) is 20.0. The Morgan fingerprint density at radius 2 is 1.60 bits per heavy atom. The molecule has 0 heterocycles. The summed E-state index contributed by atoms with van der Waals surface area (Å²) in [5.41, 5.74) is 2.90. The molecule has 0 amide bonds. The summed E-state index contributed by atoms with van der Waals surface area (Å²) in [6.07, 6.45) is 0.333. The molecule has 5 nitrogen and oxygen atoms in total. The van der Waals surface area contributed by atoms with Gasteiger partial charge in [-0.25, -0.2) is 0 Å². The van der Waals surface area contributed by atoms with Crippen molar-refractivity contribution in [3.63, 3.8) is 0 Å². The van der Waals surface area contributed by atoms with Gasteiger partial charge in [-0.05, 0) is 62.1 Å². The van der Waals surface area contributed by atoms with Crippen molar-refractivity contribution in [2.75, 3.05) is 6.54 Å². The summed E-state index contributed by atoms with van der Waals surface area (Å²) in [4.78, 5) is 25.1. The molecule has 0 saturated carbocycles. The van der Waals surface area contributed by atoms with Crippen molar-refractivity contribution >= 4 is 35.1 Å². The molecule has 0 aliphatic rings. The number of hydrogen-bond donors (Lipinski definition) is 1. The fourth-order valence-corrected chi connectivity index (χ4v) is 3.83. The van der Waals surface area contributed by atoms with Crippen LogP contribution in [0.3, 0.4) is 0 Å². The van der Waals surface area contributed by atoms with Gasteiger partial charge in [-0.2, -0.15) is 0 Å². The van der Waals surface area contributed by atoms with Crippen LogP contribution in [0.2, 0.25) is 10.0 Å². The molecule has 184 valence electrons. The number of hydrogen-bond acceptors (Lipinski definition) is 5. The summed E-state index contributed by atoms with van der Waals surface area (Å²) in [7, 11) is 0. The lowest BCUT2D eigenvalue weighted by Crippen LogP contribution is -2.43. The van der Waals surface area contributed by atoms with Crippen molar-refractivity contribution in [2.45, 2.75) is 45.4 Å². The number of esters is 2. The van der Waals surface area contributed by atoms with E-state index in [0.717, 1.165) is 22.3 Å². The van der Waals surface area contributed by atoms with Crippen LogP contribution >= 0.6 is 23.2 Å². The van der Waals surface area contributed by atoms with Crippen molar-refractivity contribution in [1.29, 1.82) is 0 Å². The predicted octanol–water partition coefficient (Wildman–Crippen LogP) is 6.25. The number of benzene rings is 3. The molecule has 7 heteroatoms. The van der Waals surface area contributed by atoms with Crippen molar-refractivity contribution in [3.05, 3.63) is 94.0 Å². The molecule has 3 rings (SSSR count). The Bertz CT molecular complexity index is 1140. The minimum atomic E-state index is -0.730. The van der Waals surface area contributed by atoms with E-state index in [0.29, 0.717) is 16.5 Å². The highest BCUT2D eigenvalue weighted by atomic mass is 35.5. The molecule has 35 heavy (non-hydrogen) atoms. The van der Waals surface area contributed by atoms with Gasteiger partial charge in [0.25, 0.3) is 0 Å². The van der Waals surface area contributed by atoms with Crippen LogP contribution in [0.1, 0.15) is 31.9 Å². The number of carbonyl (C=O) groups excluding carboxylic acids is 2. The SMILES string of the molecule is CC(C)(C)OC(=O)CN[C@@H](Cc1ccc(-c2cc(Cl)ccc2Cl)cc1)C(=O)OCc1ccccc1. The van der Waals surface area contributed by atoms with Gasteiger partial charge in [0.1, 0.15) is 18.2 Å². The second kappa shape index (κ2) is 12.2. The second-order valence-electron chi connectivity index (χ2n) is 9.14. The van der Waals surface area contributed by atoms with Crippen LogP contribution in [-0.4, -0.2) is 30.1 Å². The van der Waals surface area contributed by atoms with Gasteiger partial charge in [-0.3, -0.25) is 14.9 Å². The smallest absolute Gasteiger partial charge is 0.323 e. The van der Waals surface area contributed by atoms with Crippen molar-refractivity contribution in [1.82, 2.24) is 5.32 Å². The van der Waals surface area contributed by atoms with E-state index in [1.807, 2.05) is 60.7 Å². The zero-order valence-corrected chi connectivity index (χ0v) is 21.5. The Hall–Kier alpha value is -2.86. The maximum atomic E-state index is 12.9.